The Kier molecular flexibility index (Phi) is 2.96. The van der Waals surface area contributed by atoms with E-state index in [2.05, 4.69) is 10.3 Å². The maximum atomic E-state index is 5.71. The van der Waals surface area contributed by atoms with Crippen molar-refractivity contribution in [3.05, 3.63) is 24.0 Å². The quantitative estimate of drug-likeness (QED) is 0.761. The summed E-state index contributed by atoms with van der Waals surface area (Å²) in [5, 5.41) is 3.09. The summed E-state index contributed by atoms with van der Waals surface area (Å²) >= 11 is 0. The molecular weight excluding hydrogens is 180 g/mol. The van der Waals surface area contributed by atoms with Gasteiger partial charge in [0.1, 0.15) is 11.9 Å². The van der Waals surface area contributed by atoms with Gasteiger partial charge < -0.3 is 14.8 Å². The van der Waals surface area contributed by atoms with Crippen LogP contribution in [-0.4, -0.2) is 31.3 Å². The predicted molar refractivity (Wildman–Crippen MR) is 52.2 cm³/mol. The molecule has 0 saturated carbocycles. The first-order valence-corrected chi connectivity index (χ1v) is 4.72. The minimum absolute atomic E-state index is 0.204. The molecule has 0 bridgehead atoms. The molecule has 0 radical (unpaired) electrons. The van der Waals surface area contributed by atoms with Gasteiger partial charge in [-0.2, -0.15) is 0 Å². The van der Waals surface area contributed by atoms with E-state index in [9.17, 15) is 0 Å². The topological polar surface area (TPSA) is 43.4 Å². The molecule has 0 amide bonds. The zero-order chi connectivity index (χ0) is 9.80. The molecule has 0 unspecified atom stereocenters. The Labute approximate surface area is 83.2 Å². The van der Waals surface area contributed by atoms with Gasteiger partial charge >= 0.3 is 0 Å². The van der Waals surface area contributed by atoms with Gasteiger partial charge in [-0.25, -0.2) is 0 Å². The Morgan fingerprint density at radius 1 is 1.64 bits per heavy atom. The summed E-state index contributed by atoms with van der Waals surface area (Å²) in [6, 6.07) is 1.96. The number of nitrogens with zero attached hydrogens (tertiary/aromatic N) is 1. The summed E-state index contributed by atoms with van der Waals surface area (Å²) in [6.07, 6.45) is 3.73. The van der Waals surface area contributed by atoms with Crippen LogP contribution in [0.4, 0.5) is 0 Å². The zero-order valence-corrected chi connectivity index (χ0v) is 8.19. The molecule has 2 rings (SSSR count). The molecule has 4 heteroatoms. The van der Waals surface area contributed by atoms with E-state index in [0.717, 1.165) is 17.9 Å². The molecule has 1 aliphatic rings. The summed E-state index contributed by atoms with van der Waals surface area (Å²) in [6.45, 7) is 2.17. The highest BCUT2D eigenvalue weighted by Gasteiger charge is 2.21. The summed E-state index contributed by atoms with van der Waals surface area (Å²) in [4.78, 5) is 4.05. The molecule has 0 aliphatic carbocycles. The molecule has 2 heterocycles. The van der Waals surface area contributed by atoms with Crippen molar-refractivity contribution in [2.75, 3.05) is 20.3 Å². The first-order valence-electron chi connectivity index (χ1n) is 4.72. The largest absolute Gasteiger partial charge is 0.484 e. The van der Waals surface area contributed by atoms with Crippen LogP contribution in [0, 0.1) is 0 Å². The van der Waals surface area contributed by atoms with Crippen LogP contribution in [0.5, 0.6) is 5.75 Å². The van der Waals surface area contributed by atoms with Crippen molar-refractivity contribution in [1.29, 1.82) is 0 Å². The Morgan fingerprint density at radius 2 is 2.50 bits per heavy atom. The van der Waals surface area contributed by atoms with E-state index in [1.807, 2.05) is 13.1 Å². The van der Waals surface area contributed by atoms with E-state index in [4.69, 9.17) is 9.47 Å². The van der Waals surface area contributed by atoms with Crippen LogP contribution in [-0.2, 0) is 11.3 Å². The molecule has 0 spiro atoms. The lowest BCUT2D eigenvalue weighted by Crippen LogP contribution is -2.38. The lowest BCUT2D eigenvalue weighted by molar-refractivity contribution is -0.0801. The number of pyridine rings is 1. The standard InChI is InChI=1S/C10H14N2O2/c1-11-4-8-2-3-12-5-10(8)14-9-6-13-7-9/h2-3,5,9,11H,4,6-7H2,1H3. The molecule has 1 fully saturated rings. The average molecular weight is 194 g/mol. The SMILES string of the molecule is CNCc1ccncc1OC1COC1. The van der Waals surface area contributed by atoms with E-state index in [0.29, 0.717) is 13.2 Å². The van der Waals surface area contributed by atoms with Gasteiger partial charge in [0.05, 0.1) is 19.4 Å². The van der Waals surface area contributed by atoms with Gasteiger partial charge in [-0.1, -0.05) is 0 Å². The summed E-state index contributed by atoms with van der Waals surface area (Å²) < 4.78 is 10.8. The van der Waals surface area contributed by atoms with Crippen molar-refractivity contribution in [3.63, 3.8) is 0 Å². The van der Waals surface area contributed by atoms with E-state index in [1.165, 1.54) is 0 Å². The minimum atomic E-state index is 0.204. The maximum Gasteiger partial charge on any atom is 0.145 e. The summed E-state index contributed by atoms with van der Waals surface area (Å²) in [5.74, 6) is 0.857. The number of nitrogens with one attached hydrogen (secondary N) is 1. The second kappa shape index (κ2) is 4.39. The van der Waals surface area contributed by atoms with Gasteiger partial charge in [0.2, 0.25) is 0 Å². The number of ether oxygens (including phenoxy) is 2. The molecule has 76 valence electrons. The third kappa shape index (κ3) is 2.02. The lowest BCUT2D eigenvalue weighted by atomic mass is 10.2. The fourth-order valence-corrected chi connectivity index (χ4v) is 1.31. The maximum absolute atomic E-state index is 5.71. The monoisotopic (exact) mass is 194 g/mol. The van der Waals surface area contributed by atoms with Crippen LogP contribution in [0.3, 0.4) is 0 Å². The van der Waals surface area contributed by atoms with Crippen molar-refractivity contribution >= 4 is 0 Å². The van der Waals surface area contributed by atoms with Crippen LogP contribution in [0.25, 0.3) is 0 Å². The van der Waals surface area contributed by atoms with Gasteiger partial charge in [-0.15, -0.1) is 0 Å². The number of aromatic nitrogens is 1. The molecule has 1 aliphatic heterocycles. The second-order valence-electron chi connectivity index (χ2n) is 3.29. The Morgan fingerprint density at radius 3 is 3.14 bits per heavy atom. The molecule has 0 atom stereocenters. The zero-order valence-electron chi connectivity index (χ0n) is 8.19. The van der Waals surface area contributed by atoms with Crippen molar-refractivity contribution in [3.8, 4) is 5.75 Å². The van der Waals surface area contributed by atoms with Crippen LogP contribution < -0.4 is 10.1 Å². The van der Waals surface area contributed by atoms with Gasteiger partial charge in [0.25, 0.3) is 0 Å². The van der Waals surface area contributed by atoms with Gasteiger partial charge in [0, 0.05) is 18.3 Å². The van der Waals surface area contributed by atoms with Crippen molar-refractivity contribution in [2.45, 2.75) is 12.6 Å². The fraction of sp³-hybridized carbons (Fsp3) is 0.500. The van der Waals surface area contributed by atoms with Crippen LogP contribution in [0.1, 0.15) is 5.56 Å². The van der Waals surface area contributed by atoms with E-state index >= 15 is 0 Å². The summed E-state index contributed by atoms with van der Waals surface area (Å²) in [5.41, 5.74) is 1.13. The highest BCUT2D eigenvalue weighted by molar-refractivity contribution is 5.29. The normalized spacial score (nSPS) is 16.4. The van der Waals surface area contributed by atoms with Crippen molar-refractivity contribution < 1.29 is 9.47 Å². The number of hydrogen-bond acceptors (Lipinski definition) is 4. The number of hydrogen-bond donors (Lipinski definition) is 1. The molecule has 1 aromatic rings. The van der Waals surface area contributed by atoms with Crippen LogP contribution in [0.2, 0.25) is 0 Å². The van der Waals surface area contributed by atoms with Gasteiger partial charge in [0.15, 0.2) is 0 Å². The van der Waals surface area contributed by atoms with Gasteiger partial charge in [-0.3, -0.25) is 4.98 Å². The Hall–Kier alpha value is -1.13. The van der Waals surface area contributed by atoms with Crippen LogP contribution in [0.15, 0.2) is 18.5 Å². The Balaban J connectivity index is 2.05. The minimum Gasteiger partial charge on any atom is -0.484 e. The third-order valence-corrected chi connectivity index (χ3v) is 2.14. The molecule has 1 N–H and O–H groups in total. The fourth-order valence-electron chi connectivity index (χ4n) is 1.31. The average Bonchev–Trinajstić information content (AvgIpc) is 2.14. The molecule has 4 nitrogen and oxygen atoms in total. The molecule has 1 aromatic heterocycles. The van der Waals surface area contributed by atoms with E-state index in [1.54, 1.807) is 12.4 Å². The van der Waals surface area contributed by atoms with Crippen molar-refractivity contribution in [2.24, 2.45) is 0 Å². The molecule has 1 saturated heterocycles. The van der Waals surface area contributed by atoms with Gasteiger partial charge in [-0.05, 0) is 13.1 Å². The highest BCUT2D eigenvalue weighted by Crippen LogP contribution is 2.19. The Bertz CT molecular complexity index is 300. The number of rotatable bonds is 4. The third-order valence-electron chi connectivity index (χ3n) is 2.14. The lowest BCUT2D eigenvalue weighted by Gasteiger charge is -2.27. The molecule has 14 heavy (non-hydrogen) atoms. The summed E-state index contributed by atoms with van der Waals surface area (Å²) in [7, 11) is 1.91. The smallest absolute Gasteiger partial charge is 0.145 e. The molecular formula is C10H14N2O2. The van der Waals surface area contributed by atoms with Crippen molar-refractivity contribution in [1.82, 2.24) is 10.3 Å². The first-order chi connectivity index (χ1) is 6.90. The van der Waals surface area contributed by atoms with E-state index in [-0.39, 0.29) is 6.10 Å². The highest BCUT2D eigenvalue weighted by atomic mass is 16.6. The second-order valence-corrected chi connectivity index (χ2v) is 3.29. The first kappa shape index (κ1) is 9.43. The van der Waals surface area contributed by atoms with Crippen LogP contribution >= 0.6 is 0 Å². The molecule has 0 aromatic carbocycles. The van der Waals surface area contributed by atoms with E-state index < -0.39 is 0 Å². The predicted octanol–water partition coefficient (Wildman–Crippen LogP) is 0.579.